The summed E-state index contributed by atoms with van der Waals surface area (Å²) < 4.78 is 22.5. The minimum atomic E-state index is -0.704. The fourth-order valence-corrected chi connectivity index (χ4v) is 4.13. The first-order chi connectivity index (χ1) is 16.1. The van der Waals surface area contributed by atoms with Crippen molar-refractivity contribution in [1.82, 2.24) is 0 Å². The Labute approximate surface area is 204 Å². The zero-order valence-electron chi connectivity index (χ0n) is 21.9. The van der Waals surface area contributed by atoms with E-state index in [4.69, 9.17) is 18.9 Å². The van der Waals surface area contributed by atoms with Crippen molar-refractivity contribution in [1.29, 1.82) is 0 Å². The average Bonchev–Trinajstić information content (AvgIpc) is 3.18. The van der Waals surface area contributed by atoms with Gasteiger partial charge in [0, 0.05) is 13.0 Å². The van der Waals surface area contributed by atoms with Crippen LogP contribution in [0.25, 0.3) is 0 Å². The molecule has 33 heavy (non-hydrogen) atoms. The molecule has 1 saturated heterocycles. The summed E-state index contributed by atoms with van der Waals surface area (Å²) in [6.07, 6.45) is 23.9. The molecule has 5 heteroatoms. The molecule has 1 aliphatic rings. The van der Waals surface area contributed by atoms with Crippen LogP contribution in [0.3, 0.4) is 0 Å². The van der Waals surface area contributed by atoms with Crippen LogP contribution in [0.5, 0.6) is 0 Å². The normalized spacial score (nSPS) is 20.6. The van der Waals surface area contributed by atoms with Gasteiger partial charge in [-0.05, 0) is 46.0 Å². The third-order valence-corrected chi connectivity index (χ3v) is 6.18. The molecule has 2 atom stereocenters. The third-order valence-electron chi connectivity index (χ3n) is 6.18. The molecular formula is C28H52O5. The molecule has 0 aliphatic carbocycles. The van der Waals surface area contributed by atoms with Crippen molar-refractivity contribution in [3.63, 3.8) is 0 Å². The van der Waals surface area contributed by atoms with E-state index in [2.05, 4.69) is 19.1 Å². The van der Waals surface area contributed by atoms with Gasteiger partial charge in [0.2, 0.25) is 0 Å². The van der Waals surface area contributed by atoms with Crippen molar-refractivity contribution in [3.05, 3.63) is 12.2 Å². The Bertz CT molecular complexity index is 493. The molecular weight excluding hydrogens is 416 g/mol. The van der Waals surface area contributed by atoms with Crippen LogP contribution in [0.2, 0.25) is 0 Å². The fraction of sp³-hybridized carbons (Fsp3) is 0.893. The molecule has 0 radical (unpaired) electrons. The summed E-state index contributed by atoms with van der Waals surface area (Å²) in [4.78, 5) is 11.5. The van der Waals surface area contributed by atoms with E-state index in [-0.39, 0.29) is 12.1 Å². The van der Waals surface area contributed by atoms with Gasteiger partial charge in [-0.1, -0.05) is 76.9 Å². The number of esters is 1. The largest absolute Gasteiger partial charge is 0.466 e. The highest BCUT2D eigenvalue weighted by atomic mass is 16.7. The lowest BCUT2D eigenvalue weighted by Gasteiger charge is -2.22. The van der Waals surface area contributed by atoms with Crippen molar-refractivity contribution < 1.29 is 23.7 Å². The molecule has 1 fully saturated rings. The van der Waals surface area contributed by atoms with Crippen molar-refractivity contribution in [3.8, 4) is 0 Å². The molecule has 5 nitrogen and oxygen atoms in total. The number of rotatable bonds is 22. The van der Waals surface area contributed by atoms with E-state index in [0.29, 0.717) is 32.7 Å². The minimum Gasteiger partial charge on any atom is -0.466 e. The lowest BCUT2D eigenvalue weighted by Crippen LogP contribution is -2.29. The Kier molecular flexibility index (Phi) is 18.7. The second-order valence-electron chi connectivity index (χ2n) is 9.50. The van der Waals surface area contributed by atoms with Gasteiger partial charge in [0.1, 0.15) is 6.10 Å². The van der Waals surface area contributed by atoms with E-state index in [1.54, 1.807) is 0 Å². The first-order valence-corrected chi connectivity index (χ1v) is 13.8. The SMILES string of the molecule is CCCCCCCC/C=C\CCCCCCCCOCC1COC(C)(CCC(=O)OCC)O1. The van der Waals surface area contributed by atoms with Gasteiger partial charge in [-0.2, -0.15) is 0 Å². The molecule has 1 aliphatic heterocycles. The number of allylic oxidation sites excluding steroid dienone is 2. The summed E-state index contributed by atoms with van der Waals surface area (Å²) in [5.41, 5.74) is 0. The quantitative estimate of drug-likeness (QED) is 0.0934. The van der Waals surface area contributed by atoms with Gasteiger partial charge in [-0.25, -0.2) is 0 Å². The molecule has 0 aromatic carbocycles. The van der Waals surface area contributed by atoms with E-state index in [1.165, 1.54) is 83.5 Å². The summed E-state index contributed by atoms with van der Waals surface area (Å²) >= 11 is 0. The third kappa shape index (κ3) is 17.2. The van der Waals surface area contributed by atoms with Crippen molar-refractivity contribution in [2.75, 3.05) is 26.4 Å². The predicted molar refractivity (Wildman–Crippen MR) is 135 cm³/mol. The van der Waals surface area contributed by atoms with Gasteiger partial charge in [-0.3, -0.25) is 4.79 Å². The average molecular weight is 469 g/mol. The number of hydrogen-bond acceptors (Lipinski definition) is 5. The number of unbranched alkanes of at least 4 members (excludes halogenated alkanes) is 12. The summed E-state index contributed by atoms with van der Waals surface area (Å²) in [5, 5.41) is 0. The van der Waals surface area contributed by atoms with Crippen LogP contribution < -0.4 is 0 Å². The molecule has 0 N–H and O–H groups in total. The number of hydrogen-bond donors (Lipinski definition) is 0. The number of carbonyl (C=O) groups excluding carboxylic acids is 1. The number of carbonyl (C=O) groups is 1. The topological polar surface area (TPSA) is 54.0 Å². The molecule has 0 spiro atoms. The van der Waals surface area contributed by atoms with E-state index >= 15 is 0 Å². The Balaban J connectivity index is 1.84. The molecule has 0 bridgehead atoms. The smallest absolute Gasteiger partial charge is 0.305 e. The predicted octanol–water partition coefficient (Wildman–Crippen LogP) is 7.52. The van der Waals surface area contributed by atoms with Crippen LogP contribution in [-0.4, -0.2) is 44.3 Å². The van der Waals surface area contributed by atoms with Crippen LogP contribution in [0.15, 0.2) is 12.2 Å². The lowest BCUT2D eigenvalue weighted by atomic mass is 10.1. The van der Waals surface area contributed by atoms with Gasteiger partial charge in [-0.15, -0.1) is 0 Å². The maximum Gasteiger partial charge on any atom is 0.305 e. The Morgan fingerprint density at radius 1 is 0.909 bits per heavy atom. The van der Waals surface area contributed by atoms with Crippen LogP contribution in [0.4, 0.5) is 0 Å². The highest BCUT2D eigenvalue weighted by molar-refractivity contribution is 5.69. The Hall–Kier alpha value is -0.910. The van der Waals surface area contributed by atoms with Gasteiger partial charge >= 0.3 is 5.97 Å². The maximum absolute atomic E-state index is 11.5. The summed E-state index contributed by atoms with van der Waals surface area (Å²) in [5.74, 6) is -0.907. The molecule has 1 heterocycles. The van der Waals surface area contributed by atoms with Crippen LogP contribution >= 0.6 is 0 Å². The van der Waals surface area contributed by atoms with Crippen molar-refractivity contribution in [2.24, 2.45) is 0 Å². The van der Waals surface area contributed by atoms with Crippen LogP contribution in [0.1, 0.15) is 124 Å². The summed E-state index contributed by atoms with van der Waals surface area (Å²) in [7, 11) is 0. The summed E-state index contributed by atoms with van der Waals surface area (Å²) in [6, 6.07) is 0. The standard InChI is InChI=1S/C28H52O5/c1-4-6-7-8-9-10-11-12-13-14-15-16-17-18-19-20-23-30-24-26-25-32-28(3,33-26)22-21-27(29)31-5-2/h12-13,26H,4-11,14-25H2,1-3H3/b13-12-. The van der Waals surface area contributed by atoms with Crippen LogP contribution in [0, 0.1) is 0 Å². The molecule has 194 valence electrons. The highest BCUT2D eigenvalue weighted by Gasteiger charge is 2.37. The van der Waals surface area contributed by atoms with Gasteiger partial charge < -0.3 is 18.9 Å². The first-order valence-electron chi connectivity index (χ1n) is 13.8. The molecule has 1 rings (SSSR count). The van der Waals surface area contributed by atoms with E-state index in [1.807, 2.05) is 13.8 Å². The number of ether oxygens (including phenoxy) is 4. The second kappa shape index (κ2) is 20.5. The minimum absolute atomic E-state index is 0.0497. The van der Waals surface area contributed by atoms with Gasteiger partial charge in [0.05, 0.1) is 26.2 Å². The molecule has 0 aromatic heterocycles. The first kappa shape index (κ1) is 30.1. The maximum atomic E-state index is 11.5. The second-order valence-corrected chi connectivity index (χ2v) is 9.50. The molecule has 0 aromatic rings. The Morgan fingerprint density at radius 2 is 1.52 bits per heavy atom. The zero-order chi connectivity index (χ0) is 24.0. The van der Waals surface area contributed by atoms with Gasteiger partial charge in [0.15, 0.2) is 5.79 Å². The fourth-order valence-electron chi connectivity index (χ4n) is 4.13. The molecule has 0 saturated carbocycles. The van der Waals surface area contributed by atoms with E-state index in [9.17, 15) is 4.79 Å². The molecule has 2 unspecified atom stereocenters. The summed E-state index contributed by atoms with van der Waals surface area (Å²) in [6.45, 7) is 8.23. The Morgan fingerprint density at radius 3 is 2.15 bits per heavy atom. The monoisotopic (exact) mass is 468 g/mol. The lowest BCUT2D eigenvalue weighted by molar-refractivity contribution is -0.171. The van der Waals surface area contributed by atoms with Crippen molar-refractivity contribution in [2.45, 2.75) is 135 Å². The van der Waals surface area contributed by atoms with E-state index in [0.717, 1.165) is 13.0 Å². The highest BCUT2D eigenvalue weighted by Crippen LogP contribution is 2.28. The van der Waals surface area contributed by atoms with Crippen LogP contribution in [-0.2, 0) is 23.7 Å². The van der Waals surface area contributed by atoms with E-state index < -0.39 is 5.79 Å². The van der Waals surface area contributed by atoms with Gasteiger partial charge in [0.25, 0.3) is 0 Å². The van der Waals surface area contributed by atoms with Crippen molar-refractivity contribution >= 4 is 5.97 Å². The molecule has 0 amide bonds. The zero-order valence-corrected chi connectivity index (χ0v) is 21.9.